The third kappa shape index (κ3) is 6.48. The van der Waals surface area contributed by atoms with Crippen LogP contribution in [-0.4, -0.2) is 33.6 Å². The van der Waals surface area contributed by atoms with Crippen LogP contribution < -0.4 is 0 Å². The molecule has 0 spiro atoms. The highest BCUT2D eigenvalue weighted by Gasteiger charge is 2.40. The topological polar surface area (TPSA) is 90.5 Å². The summed E-state index contributed by atoms with van der Waals surface area (Å²) in [7, 11) is 0. The molecular formula is C11H19N2O4+. The van der Waals surface area contributed by atoms with Crippen molar-refractivity contribution in [2.75, 3.05) is 0 Å². The predicted molar refractivity (Wildman–Crippen MR) is 59.7 cm³/mol. The third-order valence-electron chi connectivity index (χ3n) is 1.30. The molecule has 0 aliphatic heterocycles. The van der Waals surface area contributed by atoms with Crippen LogP contribution in [0.4, 0.5) is 0 Å². The van der Waals surface area contributed by atoms with Gasteiger partial charge in [-0.05, 0) is 41.5 Å². The van der Waals surface area contributed by atoms with Crippen LogP contribution in [-0.2, 0) is 19.1 Å². The van der Waals surface area contributed by atoms with Gasteiger partial charge in [-0.1, -0.05) is 0 Å². The lowest BCUT2D eigenvalue weighted by atomic mass is 10.2. The second-order valence-electron chi connectivity index (χ2n) is 5.46. The van der Waals surface area contributed by atoms with Crippen molar-refractivity contribution < 1.29 is 23.9 Å². The van der Waals surface area contributed by atoms with Crippen molar-refractivity contribution in [3.8, 4) is 0 Å². The standard InChI is InChI=1S/C11H19N2O4/c1-10(2,3)16-8(14)7(13-12)9(15)17-11(4,5)6/h12H,1-6H3/q+1. The van der Waals surface area contributed by atoms with Gasteiger partial charge in [0.2, 0.25) is 0 Å². The van der Waals surface area contributed by atoms with Crippen LogP contribution in [0, 0.1) is 5.53 Å². The zero-order chi connectivity index (χ0) is 13.9. The van der Waals surface area contributed by atoms with Crippen molar-refractivity contribution in [3.63, 3.8) is 0 Å². The van der Waals surface area contributed by atoms with E-state index in [0.29, 0.717) is 0 Å². The summed E-state index contributed by atoms with van der Waals surface area (Å²) in [5, 5.41) is 0. The molecule has 0 heterocycles. The Morgan fingerprint density at radius 1 is 0.882 bits per heavy atom. The number of esters is 2. The molecule has 0 amide bonds. The van der Waals surface area contributed by atoms with Crippen LogP contribution in [0.3, 0.4) is 0 Å². The SMILES string of the molecule is CC(C)(C)OC(=O)C(=[N+]=N)C(=O)OC(C)(C)C. The van der Waals surface area contributed by atoms with Gasteiger partial charge in [-0.25, -0.2) is 9.59 Å². The fourth-order valence-corrected chi connectivity index (χ4v) is 0.827. The molecule has 0 atom stereocenters. The summed E-state index contributed by atoms with van der Waals surface area (Å²) in [5.41, 5.74) is 4.66. The van der Waals surface area contributed by atoms with Crippen molar-refractivity contribution in [3.05, 3.63) is 0 Å². The van der Waals surface area contributed by atoms with E-state index in [1.807, 2.05) is 0 Å². The number of hydrogen-bond acceptors (Lipinski definition) is 5. The lowest BCUT2D eigenvalue weighted by molar-refractivity contribution is -0.172. The van der Waals surface area contributed by atoms with Gasteiger partial charge in [-0.15, -0.1) is 0 Å². The van der Waals surface area contributed by atoms with E-state index < -0.39 is 28.9 Å². The first-order chi connectivity index (χ1) is 7.46. The number of nitrogens with one attached hydrogen (secondary N) is 1. The highest BCUT2D eigenvalue weighted by molar-refractivity contribution is 6.60. The maximum atomic E-state index is 11.5. The van der Waals surface area contributed by atoms with E-state index in [1.165, 1.54) is 0 Å². The molecule has 0 rings (SSSR count). The van der Waals surface area contributed by atoms with Gasteiger partial charge in [-0.2, -0.15) is 0 Å². The van der Waals surface area contributed by atoms with E-state index >= 15 is 0 Å². The van der Waals surface area contributed by atoms with E-state index in [1.54, 1.807) is 41.5 Å². The molecule has 0 unspecified atom stereocenters. The molecule has 0 aliphatic rings. The van der Waals surface area contributed by atoms with Crippen molar-refractivity contribution in [1.29, 1.82) is 5.53 Å². The minimum Gasteiger partial charge on any atom is -0.451 e. The minimum absolute atomic E-state index is 0.658. The van der Waals surface area contributed by atoms with Crippen molar-refractivity contribution in [2.45, 2.75) is 52.7 Å². The van der Waals surface area contributed by atoms with Crippen LogP contribution in [0.2, 0.25) is 0 Å². The molecule has 0 saturated heterocycles. The quantitative estimate of drug-likeness (QED) is 0.260. The summed E-state index contributed by atoms with van der Waals surface area (Å²) in [4.78, 5) is 26.0. The minimum atomic E-state index is -0.957. The second-order valence-corrected chi connectivity index (χ2v) is 5.46. The summed E-state index contributed by atoms with van der Waals surface area (Å²) in [6, 6.07) is 0. The van der Waals surface area contributed by atoms with Gasteiger partial charge in [0.05, 0.1) is 10.3 Å². The number of carbonyl (C=O) groups excluding carboxylic acids is 2. The maximum Gasteiger partial charge on any atom is 0.531 e. The summed E-state index contributed by atoms with van der Waals surface area (Å²) in [6.07, 6.45) is 0. The largest absolute Gasteiger partial charge is 0.531 e. The third-order valence-corrected chi connectivity index (χ3v) is 1.30. The molecule has 1 N–H and O–H groups in total. The van der Waals surface area contributed by atoms with Gasteiger partial charge < -0.3 is 9.47 Å². The normalized spacial score (nSPS) is 11.4. The van der Waals surface area contributed by atoms with Gasteiger partial charge in [0.15, 0.2) is 0 Å². The Labute approximate surface area is 101 Å². The monoisotopic (exact) mass is 243 g/mol. The molecule has 0 aromatic heterocycles. The molecule has 96 valence electrons. The maximum absolute atomic E-state index is 11.5. The summed E-state index contributed by atoms with van der Waals surface area (Å²) >= 11 is 0. The van der Waals surface area contributed by atoms with E-state index in [2.05, 4.69) is 4.79 Å². The highest BCUT2D eigenvalue weighted by Crippen LogP contribution is 2.10. The summed E-state index contributed by atoms with van der Waals surface area (Å²) in [6.45, 7) is 9.93. The lowest BCUT2D eigenvalue weighted by Gasteiger charge is -2.19. The predicted octanol–water partition coefficient (Wildman–Crippen LogP) is 1.35. The van der Waals surface area contributed by atoms with Crippen LogP contribution in [0.25, 0.3) is 0 Å². The average Bonchev–Trinajstić information content (AvgIpc) is 1.96. The fourth-order valence-electron chi connectivity index (χ4n) is 0.827. The zero-order valence-corrected chi connectivity index (χ0v) is 11.1. The van der Waals surface area contributed by atoms with Crippen molar-refractivity contribution in [1.82, 2.24) is 0 Å². The first kappa shape index (κ1) is 15.3. The van der Waals surface area contributed by atoms with E-state index in [4.69, 9.17) is 15.0 Å². The molecule has 6 heteroatoms. The first-order valence-electron chi connectivity index (χ1n) is 5.17. The average molecular weight is 243 g/mol. The number of ether oxygens (including phenoxy) is 2. The van der Waals surface area contributed by atoms with Crippen molar-refractivity contribution in [2.24, 2.45) is 0 Å². The van der Waals surface area contributed by atoms with Gasteiger partial charge >= 0.3 is 17.7 Å². The molecule has 0 aromatic carbocycles. The van der Waals surface area contributed by atoms with Gasteiger partial charge in [0.25, 0.3) is 0 Å². The molecule has 0 saturated carbocycles. The molecule has 17 heavy (non-hydrogen) atoms. The Bertz CT molecular complexity index is 338. The van der Waals surface area contributed by atoms with E-state index in [9.17, 15) is 9.59 Å². The highest BCUT2D eigenvalue weighted by atomic mass is 16.6. The molecular weight excluding hydrogens is 224 g/mol. The zero-order valence-electron chi connectivity index (χ0n) is 11.1. The fraction of sp³-hybridized carbons (Fsp3) is 0.727. The summed E-state index contributed by atoms with van der Waals surface area (Å²) < 4.78 is 9.87. The van der Waals surface area contributed by atoms with Gasteiger partial charge in [-0.3, -0.25) is 0 Å². The molecule has 6 nitrogen and oxygen atoms in total. The molecule has 0 aliphatic carbocycles. The molecule has 0 radical (unpaired) electrons. The Morgan fingerprint density at radius 3 is 1.35 bits per heavy atom. The lowest BCUT2D eigenvalue weighted by Crippen LogP contribution is -2.37. The van der Waals surface area contributed by atoms with Crippen LogP contribution in [0.1, 0.15) is 41.5 Å². The van der Waals surface area contributed by atoms with Crippen LogP contribution in [0.15, 0.2) is 0 Å². The molecule has 0 fully saturated rings. The number of nitrogens with zero attached hydrogens (tertiary/aromatic N) is 1. The van der Waals surface area contributed by atoms with Crippen molar-refractivity contribution >= 4 is 17.7 Å². The number of rotatable bonds is 2. The first-order valence-corrected chi connectivity index (χ1v) is 5.17. The smallest absolute Gasteiger partial charge is 0.451 e. The van der Waals surface area contributed by atoms with Gasteiger partial charge in [0, 0.05) is 0 Å². The van der Waals surface area contributed by atoms with E-state index in [0.717, 1.165) is 0 Å². The number of hydrogen-bond donors (Lipinski definition) is 1. The number of carbonyl (C=O) groups is 2. The van der Waals surface area contributed by atoms with Crippen LogP contribution >= 0.6 is 0 Å². The molecule has 0 aromatic rings. The summed E-state index contributed by atoms with van der Waals surface area (Å²) in [5.74, 6) is -1.91. The van der Waals surface area contributed by atoms with Gasteiger partial charge in [0.1, 0.15) is 11.2 Å². The van der Waals surface area contributed by atoms with Crippen LogP contribution in [0.5, 0.6) is 0 Å². The Hall–Kier alpha value is -1.68. The Balaban J connectivity index is 4.83. The Morgan fingerprint density at radius 2 is 1.18 bits per heavy atom. The van der Waals surface area contributed by atoms with E-state index in [-0.39, 0.29) is 0 Å². The second kappa shape index (κ2) is 5.10. The Kier molecular flexibility index (Phi) is 4.60. The molecule has 0 bridgehead atoms.